The van der Waals surface area contributed by atoms with Gasteiger partial charge < -0.3 is 5.32 Å². The number of sulfonamides is 1. The Hall–Kier alpha value is -1.99. The molecule has 0 fully saturated rings. The van der Waals surface area contributed by atoms with E-state index in [4.69, 9.17) is 0 Å². The molecule has 21 heavy (non-hydrogen) atoms. The number of hydrogen-bond donors (Lipinski definition) is 2. The highest BCUT2D eigenvalue weighted by atomic mass is 32.2. The lowest BCUT2D eigenvalue weighted by atomic mass is 10.1. The molecule has 0 saturated carbocycles. The third-order valence-electron chi connectivity index (χ3n) is 3.31. The first-order valence-corrected chi connectivity index (χ1v) is 7.75. The molecule has 1 aliphatic rings. The van der Waals surface area contributed by atoms with Gasteiger partial charge in [-0.3, -0.25) is 4.72 Å². The minimum absolute atomic E-state index is 0.0219. The van der Waals surface area contributed by atoms with Crippen LogP contribution < -0.4 is 10.0 Å². The molecule has 3 rings (SSSR count). The van der Waals surface area contributed by atoms with Gasteiger partial charge in [0.15, 0.2) is 11.6 Å². The Morgan fingerprint density at radius 2 is 1.81 bits per heavy atom. The summed E-state index contributed by atoms with van der Waals surface area (Å²) in [6, 6.07) is 8.04. The molecule has 0 bridgehead atoms. The number of rotatable bonds is 3. The van der Waals surface area contributed by atoms with Crippen LogP contribution in [0, 0.1) is 11.6 Å². The van der Waals surface area contributed by atoms with Gasteiger partial charge in [-0.2, -0.15) is 0 Å². The van der Waals surface area contributed by atoms with E-state index in [2.05, 4.69) is 10.0 Å². The van der Waals surface area contributed by atoms with Crippen molar-refractivity contribution in [3.8, 4) is 0 Å². The highest BCUT2D eigenvalue weighted by molar-refractivity contribution is 7.92. The molecule has 2 aromatic rings. The minimum Gasteiger partial charge on any atom is -0.309 e. The molecular weight excluding hydrogens is 298 g/mol. The molecule has 2 N–H and O–H groups in total. The smallest absolute Gasteiger partial charge is 0.261 e. The van der Waals surface area contributed by atoms with E-state index in [-0.39, 0.29) is 4.90 Å². The molecule has 0 amide bonds. The van der Waals surface area contributed by atoms with Crippen LogP contribution in [0.5, 0.6) is 0 Å². The number of nitrogens with one attached hydrogen (secondary N) is 2. The lowest BCUT2D eigenvalue weighted by Gasteiger charge is -2.10. The Bertz CT molecular complexity index is 807. The van der Waals surface area contributed by atoms with Crippen molar-refractivity contribution in [1.29, 1.82) is 0 Å². The largest absolute Gasteiger partial charge is 0.309 e. The fourth-order valence-corrected chi connectivity index (χ4v) is 3.33. The van der Waals surface area contributed by atoms with Crippen LogP contribution in [-0.2, 0) is 23.1 Å². The number of fused-ring (bicyclic) bond motifs is 1. The molecule has 0 spiro atoms. The predicted octanol–water partition coefficient (Wildman–Crippen LogP) is 2.37. The van der Waals surface area contributed by atoms with Crippen molar-refractivity contribution < 1.29 is 17.2 Å². The zero-order valence-electron chi connectivity index (χ0n) is 10.9. The van der Waals surface area contributed by atoms with Crippen LogP contribution in [0.3, 0.4) is 0 Å². The molecule has 1 aliphatic heterocycles. The summed E-state index contributed by atoms with van der Waals surface area (Å²) in [5, 5.41) is 3.11. The topological polar surface area (TPSA) is 58.2 Å². The van der Waals surface area contributed by atoms with Crippen LogP contribution in [0.2, 0.25) is 0 Å². The van der Waals surface area contributed by atoms with E-state index in [0.717, 1.165) is 17.2 Å². The Labute approximate surface area is 120 Å². The quantitative estimate of drug-likeness (QED) is 0.915. The summed E-state index contributed by atoms with van der Waals surface area (Å²) in [6.45, 7) is 1.29. The number of hydrogen-bond acceptors (Lipinski definition) is 3. The molecule has 2 aromatic carbocycles. The van der Waals surface area contributed by atoms with Crippen LogP contribution in [-0.4, -0.2) is 8.42 Å². The highest BCUT2D eigenvalue weighted by Crippen LogP contribution is 2.24. The van der Waals surface area contributed by atoms with E-state index in [1.165, 1.54) is 24.3 Å². The summed E-state index contributed by atoms with van der Waals surface area (Å²) in [7, 11) is -3.96. The number of anilines is 1. The zero-order chi connectivity index (χ0) is 15.0. The van der Waals surface area contributed by atoms with Crippen molar-refractivity contribution in [2.45, 2.75) is 18.0 Å². The fourth-order valence-electron chi connectivity index (χ4n) is 2.22. The molecule has 1 heterocycles. The van der Waals surface area contributed by atoms with Gasteiger partial charge >= 0.3 is 0 Å². The zero-order valence-corrected chi connectivity index (χ0v) is 11.7. The Morgan fingerprint density at radius 3 is 2.62 bits per heavy atom. The normalized spacial score (nSPS) is 14.0. The second kappa shape index (κ2) is 5.09. The average Bonchev–Trinajstić information content (AvgIpc) is 2.91. The summed E-state index contributed by atoms with van der Waals surface area (Å²) in [5.74, 6) is -2.32. The van der Waals surface area contributed by atoms with Gasteiger partial charge in [0.05, 0.1) is 10.6 Å². The average molecular weight is 310 g/mol. The monoisotopic (exact) mass is 310 g/mol. The highest BCUT2D eigenvalue weighted by Gasteiger charge is 2.20. The molecule has 7 heteroatoms. The van der Waals surface area contributed by atoms with E-state index in [1.807, 2.05) is 0 Å². The van der Waals surface area contributed by atoms with Gasteiger partial charge in [0, 0.05) is 13.1 Å². The molecule has 0 unspecified atom stereocenters. The Balaban J connectivity index is 1.96. The van der Waals surface area contributed by atoms with E-state index >= 15 is 0 Å². The van der Waals surface area contributed by atoms with Crippen LogP contribution >= 0.6 is 0 Å². The fraction of sp³-hybridized carbons (Fsp3) is 0.143. The van der Waals surface area contributed by atoms with Crippen LogP contribution in [0.25, 0.3) is 0 Å². The van der Waals surface area contributed by atoms with Crippen molar-refractivity contribution in [1.82, 2.24) is 5.32 Å². The summed E-state index contributed by atoms with van der Waals surface area (Å²) in [4.78, 5) is 0.0219. The third kappa shape index (κ3) is 2.62. The van der Waals surface area contributed by atoms with Crippen LogP contribution in [0.1, 0.15) is 11.1 Å². The number of benzene rings is 2. The van der Waals surface area contributed by atoms with Gasteiger partial charge in [-0.25, -0.2) is 17.2 Å². The van der Waals surface area contributed by atoms with Gasteiger partial charge in [0.25, 0.3) is 10.0 Å². The lowest BCUT2D eigenvalue weighted by Crippen LogP contribution is -2.14. The van der Waals surface area contributed by atoms with Crippen molar-refractivity contribution in [2.24, 2.45) is 0 Å². The molecule has 0 atom stereocenters. The van der Waals surface area contributed by atoms with Crippen molar-refractivity contribution in [3.05, 3.63) is 59.2 Å². The van der Waals surface area contributed by atoms with Gasteiger partial charge in [0.1, 0.15) is 0 Å². The van der Waals surface area contributed by atoms with Gasteiger partial charge in [-0.15, -0.1) is 0 Å². The molecule has 0 radical (unpaired) electrons. The van der Waals surface area contributed by atoms with Gasteiger partial charge in [-0.1, -0.05) is 12.1 Å². The van der Waals surface area contributed by atoms with E-state index < -0.39 is 27.3 Å². The molecule has 110 valence electrons. The van der Waals surface area contributed by atoms with Crippen molar-refractivity contribution >= 4 is 15.7 Å². The first kappa shape index (κ1) is 14.0. The van der Waals surface area contributed by atoms with Crippen molar-refractivity contribution in [3.63, 3.8) is 0 Å². The first-order chi connectivity index (χ1) is 9.97. The SMILES string of the molecule is O=S(=O)(Nc1cccc(F)c1F)c1ccc2c(c1)CNC2. The van der Waals surface area contributed by atoms with Gasteiger partial charge in [0.2, 0.25) is 0 Å². The Morgan fingerprint density at radius 1 is 1.05 bits per heavy atom. The summed E-state index contributed by atoms with van der Waals surface area (Å²) in [5.41, 5.74) is 1.51. The van der Waals surface area contributed by atoms with Gasteiger partial charge in [-0.05, 0) is 35.4 Å². The maximum absolute atomic E-state index is 13.6. The number of halogens is 2. The lowest BCUT2D eigenvalue weighted by molar-refractivity contribution is 0.511. The van der Waals surface area contributed by atoms with Crippen molar-refractivity contribution in [2.75, 3.05) is 4.72 Å². The Kier molecular flexibility index (Phi) is 3.38. The standard InChI is InChI=1S/C14H12F2N2O2S/c15-12-2-1-3-13(14(12)16)18-21(19,20)11-5-4-9-7-17-8-10(9)6-11/h1-6,17-18H,7-8H2. The second-order valence-corrected chi connectivity index (χ2v) is 6.42. The summed E-state index contributed by atoms with van der Waals surface area (Å²) in [6.07, 6.45) is 0. The van der Waals surface area contributed by atoms with Crippen LogP contribution in [0.15, 0.2) is 41.3 Å². The first-order valence-electron chi connectivity index (χ1n) is 6.27. The molecule has 0 aromatic heterocycles. The molecule has 4 nitrogen and oxygen atoms in total. The van der Waals surface area contributed by atoms with E-state index in [9.17, 15) is 17.2 Å². The third-order valence-corrected chi connectivity index (χ3v) is 4.68. The second-order valence-electron chi connectivity index (χ2n) is 4.74. The molecule has 0 saturated heterocycles. The maximum Gasteiger partial charge on any atom is 0.261 e. The molecular formula is C14H12F2N2O2S. The minimum atomic E-state index is -3.96. The van der Waals surface area contributed by atoms with E-state index in [0.29, 0.717) is 13.1 Å². The summed E-state index contributed by atoms with van der Waals surface area (Å²) < 4.78 is 53.2. The maximum atomic E-state index is 13.6. The van der Waals surface area contributed by atoms with Crippen LogP contribution in [0.4, 0.5) is 14.5 Å². The summed E-state index contributed by atoms with van der Waals surface area (Å²) >= 11 is 0. The predicted molar refractivity (Wildman–Crippen MR) is 74.2 cm³/mol. The van der Waals surface area contributed by atoms with E-state index in [1.54, 1.807) is 6.07 Å². The molecule has 0 aliphatic carbocycles.